The number of aliphatic hydroxyl groups is 1. The van der Waals surface area contributed by atoms with E-state index in [0.717, 1.165) is 19.3 Å². The normalized spacial score (nSPS) is 21.4. The molecule has 0 amide bonds. The quantitative estimate of drug-likeness (QED) is 0.721. The number of aliphatic hydroxyl groups excluding tert-OH is 1. The molecule has 0 saturated carbocycles. The SMILES string of the molecule is COc1ccc(OC)c([C@H](O)CN2CCN(S(=O)(=O)N3CCCCC3)CC2)c1. The molecule has 1 atom stereocenters. The summed E-state index contributed by atoms with van der Waals surface area (Å²) in [6.45, 7) is 3.74. The Morgan fingerprint density at radius 2 is 1.61 bits per heavy atom. The van der Waals surface area contributed by atoms with Gasteiger partial charge in [0.15, 0.2) is 0 Å². The van der Waals surface area contributed by atoms with Gasteiger partial charge in [0.1, 0.15) is 11.5 Å². The van der Waals surface area contributed by atoms with Gasteiger partial charge in [-0.15, -0.1) is 0 Å². The van der Waals surface area contributed by atoms with Crippen LogP contribution in [0.2, 0.25) is 0 Å². The van der Waals surface area contributed by atoms with Crippen molar-refractivity contribution in [2.45, 2.75) is 25.4 Å². The van der Waals surface area contributed by atoms with E-state index in [1.807, 2.05) is 0 Å². The van der Waals surface area contributed by atoms with Crippen molar-refractivity contribution in [1.29, 1.82) is 0 Å². The summed E-state index contributed by atoms with van der Waals surface area (Å²) < 4.78 is 39.4. The number of piperazine rings is 1. The zero-order valence-corrected chi connectivity index (χ0v) is 17.5. The molecule has 1 aromatic rings. The lowest BCUT2D eigenvalue weighted by Gasteiger charge is -2.38. The molecule has 2 fully saturated rings. The fraction of sp³-hybridized carbons (Fsp3) is 0.684. The van der Waals surface area contributed by atoms with Gasteiger partial charge < -0.3 is 14.6 Å². The molecule has 2 heterocycles. The molecule has 0 aliphatic carbocycles. The Bertz CT molecular complexity index is 744. The molecule has 2 aliphatic rings. The highest BCUT2D eigenvalue weighted by Gasteiger charge is 2.33. The maximum absolute atomic E-state index is 12.8. The van der Waals surface area contributed by atoms with Crippen LogP contribution in [0, 0.1) is 0 Å². The van der Waals surface area contributed by atoms with Crippen LogP contribution in [-0.2, 0) is 10.2 Å². The molecular weight excluding hydrogens is 382 g/mol. The Labute approximate surface area is 167 Å². The number of ether oxygens (including phenoxy) is 2. The monoisotopic (exact) mass is 413 g/mol. The fourth-order valence-corrected chi connectivity index (χ4v) is 5.52. The van der Waals surface area contributed by atoms with E-state index in [1.165, 1.54) is 0 Å². The molecule has 0 radical (unpaired) electrons. The topological polar surface area (TPSA) is 82.5 Å². The summed E-state index contributed by atoms with van der Waals surface area (Å²) in [5.74, 6) is 1.27. The highest BCUT2D eigenvalue weighted by atomic mass is 32.2. The first-order valence-electron chi connectivity index (χ1n) is 9.83. The van der Waals surface area contributed by atoms with Crippen molar-refractivity contribution in [3.8, 4) is 11.5 Å². The van der Waals surface area contributed by atoms with Gasteiger partial charge in [-0.3, -0.25) is 4.90 Å². The number of hydrogen-bond acceptors (Lipinski definition) is 6. The molecule has 3 rings (SSSR count). The van der Waals surface area contributed by atoms with Gasteiger partial charge in [-0.05, 0) is 31.0 Å². The van der Waals surface area contributed by atoms with Gasteiger partial charge in [-0.1, -0.05) is 6.42 Å². The molecule has 1 aromatic carbocycles. The first-order chi connectivity index (χ1) is 13.5. The molecule has 9 heteroatoms. The third-order valence-corrected chi connectivity index (χ3v) is 7.56. The van der Waals surface area contributed by atoms with Crippen LogP contribution in [0.5, 0.6) is 11.5 Å². The molecule has 0 aromatic heterocycles. The lowest BCUT2D eigenvalue weighted by molar-refractivity contribution is 0.0887. The van der Waals surface area contributed by atoms with Crippen molar-refractivity contribution in [3.63, 3.8) is 0 Å². The third-order valence-electron chi connectivity index (χ3n) is 5.53. The van der Waals surface area contributed by atoms with E-state index >= 15 is 0 Å². The van der Waals surface area contributed by atoms with Crippen molar-refractivity contribution in [2.75, 3.05) is 60.0 Å². The Hall–Kier alpha value is -1.39. The minimum atomic E-state index is -3.37. The lowest BCUT2D eigenvalue weighted by atomic mass is 10.1. The molecule has 158 valence electrons. The van der Waals surface area contributed by atoms with E-state index in [-0.39, 0.29) is 0 Å². The van der Waals surface area contributed by atoms with Crippen LogP contribution in [0.15, 0.2) is 18.2 Å². The first-order valence-corrected chi connectivity index (χ1v) is 11.2. The van der Waals surface area contributed by atoms with Crippen molar-refractivity contribution in [1.82, 2.24) is 13.5 Å². The Balaban J connectivity index is 1.58. The van der Waals surface area contributed by atoms with Crippen LogP contribution in [0.4, 0.5) is 0 Å². The molecule has 0 bridgehead atoms. The maximum Gasteiger partial charge on any atom is 0.282 e. The second-order valence-corrected chi connectivity index (χ2v) is 9.22. The highest BCUT2D eigenvalue weighted by Crippen LogP contribution is 2.30. The first kappa shape index (κ1) is 21.3. The summed E-state index contributed by atoms with van der Waals surface area (Å²) in [6.07, 6.45) is 2.24. The molecular formula is C19H31N3O5S. The van der Waals surface area contributed by atoms with Crippen LogP contribution in [0.25, 0.3) is 0 Å². The van der Waals surface area contributed by atoms with Crippen LogP contribution in [-0.4, -0.2) is 87.1 Å². The maximum atomic E-state index is 12.8. The van der Waals surface area contributed by atoms with Gasteiger partial charge in [0.05, 0.1) is 20.3 Å². The summed E-state index contributed by atoms with van der Waals surface area (Å²) in [5.41, 5.74) is 0.671. The summed E-state index contributed by atoms with van der Waals surface area (Å²) in [7, 11) is -0.213. The average molecular weight is 414 g/mol. The van der Waals surface area contributed by atoms with Crippen LogP contribution in [0.3, 0.4) is 0 Å². The van der Waals surface area contributed by atoms with E-state index in [1.54, 1.807) is 41.0 Å². The van der Waals surface area contributed by atoms with Crippen molar-refractivity contribution < 1.29 is 23.0 Å². The van der Waals surface area contributed by atoms with E-state index in [4.69, 9.17) is 9.47 Å². The van der Waals surface area contributed by atoms with E-state index in [0.29, 0.717) is 62.9 Å². The summed E-state index contributed by atoms with van der Waals surface area (Å²) in [5, 5.41) is 10.7. The fourth-order valence-electron chi connectivity index (χ4n) is 3.84. The zero-order valence-electron chi connectivity index (χ0n) is 16.7. The van der Waals surface area contributed by atoms with Gasteiger partial charge in [0, 0.05) is 51.4 Å². The van der Waals surface area contributed by atoms with Crippen LogP contribution in [0.1, 0.15) is 30.9 Å². The van der Waals surface area contributed by atoms with E-state index < -0.39 is 16.3 Å². The number of β-amino-alcohol motifs (C(OH)–C–C–N with tert-alkyl or cyclic N) is 1. The number of nitrogens with zero attached hydrogens (tertiary/aromatic N) is 3. The largest absolute Gasteiger partial charge is 0.497 e. The minimum Gasteiger partial charge on any atom is -0.497 e. The second kappa shape index (κ2) is 9.41. The summed E-state index contributed by atoms with van der Waals surface area (Å²) in [6, 6.07) is 5.35. The zero-order chi connectivity index (χ0) is 20.1. The Morgan fingerprint density at radius 3 is 2.21 bits per heavy atom. The van der Waals surface area contributed by atoms with Gasteiger partial charge in [0.25, 0.3) is 10.2 Å². The molecule has 1 N–H and O–H groups in total. The predicted molar refractivity (Wildman–Crippen MR) is 107 cm³/mol. The number of methoxy groups -OCH3 is 2. The van der Waals surface area contributed by atoms with Crippen LogP contribution >= 0.6 is 0 Å². The van der Waals surface area contributed by atoms with Crippen molar-refractivity contribution >= 4 is 10.2 Å². The second-order valence-electron chi connectivity index (χ2n) is 7.29. The summed E-state index contributed by atoms with van der Waals surface area (Å²) >= 11 is 0. The molecule has 8 nitrogen and oxygen atoms in total. The number of piperidine rings is 1. The van der Waals surface area contributed by atoms with Gasteiger partial charge >= 0.3 is 0 Å². The predicted octanol–water partition coefficient (Wildman–Crippen LogP) is 1.09. The Kier molecular flexibility index (Phi) is 7.16. The number of benzene rings is 1. The minimum absolute atomic E-state index is 0.418. The lowest BCUT2D eigenvalue weighted by Crippen LogP contribution is -2.54. The van der Waals surface area contributed by atoms with Crippen LogP contribution < -0.4 is 9.47 Å². The standard InChI is InChI=1S/C19H31N3O5S/c1-26-16-6-7-19(27-2)17(14-16)18(23)15-20-10-12-22(13-11-20)28(24,25)21-8-4-3-5-9-21/h6-7,14,18,23H,3-5,8-13,15H2,1-2H3/t18-/m1/s1. The highest BCUT2D eigenvalue weighted by molar-refractivity contribution is 7.86. The number of rotatable bonds is 7. The average Bonchev–Trinajstić information content (AvgIpc) is 2.74. The molecule has 2 aliphatic heterocycles. The molecule has 28 heavy (non-hydrogen) atoms. The molecule has 0 unspecified atom stereocenters. The van der Waals surface area contributed by atoms with Gasteiger partial charge in [0.2, 0.25) is 0 Å². The van der Waals surface area contributed by atoms with Crippen molar-refractivity contribution in [3.05, 3.63) is 23.8 Å². The smallest absolute Gasteiger partial charge is 0.282 e. The Morgan fingerprint density at radius 1 is 0.964 bits per heavy atom. The van der Waals surface area contributed by atoms with E-state index in [2.05, 4.69) is 4.90 Å². The van der Waals surface area contributed by atoms with Gasteiger partial charge in [-0.25, -0.2) is 0 Å². The summed E-state index contributed by atoms with van der Waals surface area (Å²) in [4.78, 5) is 2.09. The molecule has 0 spiro atoms. The third kappa shape index (κ3) is 4.77. The van der Waals surface area contributed by atoms with Crippen molar-refractivity contribution in [2.24, 2.45) is 0 Å². The number of hydrogen-bond donors (Lipinski definition) is 1. The molecule has 2 saturated heterocycles. The van der Waals surface area contributed by atoms with Gasteiger partial charge in [-0.2, -0.15) is 17.0 Å². The van der Waals surface area contributed by atoms with E-state index in [9.17, 15) is 13.5 Å².